The zero-order chi connectivity index (χ0) is 10.4. The van der Waals surface area contributed by atoms with Gasteiger partial charge in [-0.05, 0) is 19.3 Å². The molecule has 1 atom stereocenters. The van der Waals surface area contributed by atoms with Crippen LogP contribution in [0.5, 0.6) is 0 Å². The van der Waals surface area contributed by atoms with Gasteiger partial charge in [0.25, 0.3) is 0 Å². The third-order valence-corrected chi connectivity index (χ3v) is 2.86. The number of aliphatic hydroxyl groups excluding tert-OH is 1. The highest BCUT2D eigenvalue weighted by atomic mass is 16.3. The van der Waals surface area contributed by atoms with Crippen LogP contribution in [0, 0.1) is 0 Å². The SMILES string of the molecule is CC[C@@H](O)CC(=O)NC1CCCCC1. The Balaban J connectivity index is 2.18. The number of nitrogens with one attached hydrogen (secondary N) is 1. The Morgan fingerprint density at radius 2 is 2.07 bits per heavy atom. The van der Waals surface area contributed by atoms with E-state index >= 15 is 0 Å². The van der Waals surface area contributed by atoms with Gasteiger partial charge in [-0.2, -0.15) is 0 Å². The maximum absolute atomic E-state index is 11.4. The molecule has 0 aromatic rings. The molecule has 0 aromatic carbocycles. The standard InChI is InChI=1S/C11H21NO2/c1-2-10(13)8-11(14)12-9-6-4-3-5-7-9/h9-10,13H,2-8H2,1H3,(H,12,14)/t10-/m1/s1. The Morgan fingerprint density at radius 3 is 2.64 bits per heavy atom. The van der Waals surface area contributed by atoms with Crippen LogP contribution in [-0.4, -0.2) is 23.2 Å². The quantitative estimate of drug-likeness (QED) is 0.722. The smallest absolute Gasteiger partial charge is 0.222 e. The van der Waals surface area contributed by atoms with Crippen molar-refractivity contribution in [1.29, 1.82) is 0 Å². The molecule has 0 aliphatic heterocycles. The Kier molecular flexibility index (Phi) is 4.94. The molecular formula is C11H21NO2. The molecule has 2 N–H and O–H groups in total. The third kappa shape index (κ3) is 4.09. The number of carbonyl (C=O) groups excluding carboxylic acids is 1. The molecule has 1 aliphatic carbocycles. The predicted octanol–water partition coefficient (Wildman–Crippen LogP) is 1.60. The lowest BCUT2D eigenvalue weighted by atomic mass is 9.95. The first kappa shape index (κ1) is 11.5. The van der Waals surface area contributed by atoms with Crippen LogP contribution in [0.3, 0.4) is 0 Å². The number of amides is 1. The fourth-order valence-electron chi connectivity index (χ4n) is 1.89. The van der Waals surface area contributed by atoms with Gasteiger partial charge >= 0.3 is 0 Å². The van der Waals surface area contributed by atoms with Crippen LogP contribution >= 0.6 is 0 Å². The highest BCUT2D eigenvalue weighted by Crippen LogP contribution is 2.17. The molecule has 3 heteroatoms. The maximum Gasteiger partial charge on any atom is 0.222 e. The summed E-state index contributed by atoms with van der Waals surface area (Å²) in [6.45, 7) is 1.89. The van der Waals surface area contributed by atoms with Gasteiger partial charge in [0.05, 0.1) is 12.5 Å². The molecule has 0 unspecified atom stereocenters. The van der Waals surface area contributed by atoms with Crippen LogP contribution < -0.4 is 5.32 Å². The van der Waals surface area contributed by atoms with Gasteiger partial charge in [-0.1, -0.05) is 26.2 Å². The first-order chi connectivity index (χ1) is 6.72. The van der Waals surface area contributed by atoms with Crippen LogP contribution in [0.25, 0.3) is 0 Å². The predicted molar refractivity (Wildman–Crippen MR) is 55.9 cm³/mol. The van der Waals surface area contributed by atoms with Gasteiger partial charge in [0.1, 0.15) is 0 Å². The van der Waals surface area contributed by atoms with E-state index in [2.05, 4.69) is 5.32 Å². The molecule has 0 saturated heterocycles. The van der Waals surface area contributed by atoms with Gasteiger partial charge in [-0.15, -0.1) is 0 Å². The van der Waals surface area contributed by atoms with Crippen molar-refractivity contribution in [3.63, 3.8) is 0 Å². The van der Waals surface area contributed by atoms with Crippen molar-refractivity contribution in [2.24, 2.45) is 0 Å². The molecule has 0 bridgehead atoms. The highest BCUT2D eigenvalue weighted by Gasteiger charge is 2.16. The minimum absolute atomic E-state index is 0.00579. The first-order valence-electron chi connectivity index (χ1n) is 5.69. The van der Waals surface area contributed by atoms with Crippen molar-refractivity contribution in [3.05, 3.63) is 0 Å². The summed E-state index contributed by atoms with van der Waals surface area (Å²) in [5.41, 5.74) is 0. The number of aliphatic hydroxyl groups is 1. The van der Waals surface area contributed by atoms with E-state index in [1.54, 1.807) is 0 Å². The topological polar surface area (TPSA) is 49.3 Å². The van der Waals surface area contributed by atoms with Crippen LogP contribution in [0.15, 0.2) is 0 Å². The van der Waals surface area contributed by atoms with E-state index in [1.165, 1.54) is 19.3 Å². The monoisotopic (exact) mass is 199 g/mol. The van der Waals surface area contributed by atoms with Crippen LogP contribution in [0.2, 0.25) is 0 Å². The number of rotatable bonds is 4. The largest absolute Gasteiger partial charge is 0.393 e. The highest BCUT2D eigenvalue weighted by molar-refractivity contribution is 5.76. The van der Waals surface area contributed by atoms with E-state index in [-0.39, 0.29) is 12.3 Å². The van der Waals surface area contributed by atoms with E-state index in [0.29, 0.717) is 12.5 Å². The Bertz CT molecular complexity index is 176. The second-order valence-electron chi connectivity index (χ2n) is 4.17. The summed E-state index contributed by atoms with van der Waals surface area (Å²) in [5.74, 6) is 0.00579. The van der Waals surface area contributed by atoms with Crippen molar-refractivity contribution >= 4 is 5.91 Å². The summed E-state index contributed by atoms with van der Waals surface area (Å²) < 4.78 is 0. The molecule has 0 radical (unpaired) electrons. The maximum atomic E-state index is 11.4. The normalized spacial score (nSPS) is 20.4. The summed E-state index contributed by atoms with van der Waals surface area (Å²) in [6.07, 6.45) is 6.39. The van der Waals surface area contributed by atoms with E-state index < -0.39 is 6.10 Å². The molecule has 1 rings (SSSR count). The molecule has 1 amide bonds. The van der Waals surface area contributed by atoms with Gasteiger partial charge in [0, 0.05) is 6.04 Å². The van der Waals surface area contributed by atoms with Gasteiger partial charge in [-0.3, -0.25) is 4.79 Å². The molecule has 14 heavy (non-hydrogen) atoms. The van der Waals surface area contributed by atoms with E-state index in [4.69, 9.17) is 0 Å². The summed E-state index contributed by atoms with van der Waals surface area (Å²) in [6, 6.07) is 0.361. The van der Waals surface area contributed by atoms with Crippen molar-refractivity contribution < 1.29 is 9.90 Å². The molecule has 1 saturated carbocycles. The van der Waals surface area contributed by atoms with Crippen molar-refractivity contribution in [3.8, 4) is 0 Å². The fourth-order valence-corrected chi connectivity index (χ4v) is 1.89. The van der Waals surface area contributed by atoms with Crippen molar-refractivity contribution in [1.82, 2.24) is 5.32 Å². The summed E-state index contributed by atoms with van der Waals surface area (Å²) in [4.78, 5) is 11.4. The van der Waals surface area contributed by atoms with Crippen molar-refractivity contribution in [2.45, 2.75) is 64.0 Å². The lowest BCUT2D eigenvalue weighted by Gasteiger charge is -2.23. The molecule has 3 nitrogen and oxygen atoms in total. The second kappa shape index (κ2) is 6.02. The van der Waals surface area contributed by atoms with E-state index in [1.807, 2.05) is 6.92 Å². The average Bonchev–Trinajstić information content (AvgIpc) is 2.19. The third-order valence-electron chi connectivity index (χ3n) is 2.86. The molecule has 0 heterocycles. The zero-order valence-electron chi connectivity index (χ0n) is 8.96. The molecule has 0 spiro atoms. The minimum Gasteiger partial charge on any atom is -0.393 e. The van der Waals surface area contributed by atoms with Gasteiger partial charge < -0.3 is 10.4 Å². The van der Waals surface area contributed by atoms with Crippen molar-refractivity contribution in [2.75, 3.05) is 0 Å². The summed E-state index contributed by atoms with van der Waals surface area (Å²) >= 11 is 0. The molecule has 1 aliphatic rings. The summed E-state index contributed by atoms with van der Waals surface area (Å²) in [7, 11) is 0. The lowest BCUT2D eigenvalue weighted by Crippen LogP contribution is -2.37. The molecule has 0 aromatic heterocycles. The zero-order valence-corrected chi connectivity index (χ0v) is 8.96. The van der Waals surface area contributed by atoms with Gasteiger partial charge in [0.15, 0.2) is 0 Å². The molecular weight excluding hydrogens is 178 g/mol. The Hall–Kier alpha value is -0.570. The number of hydrogen-bond acceptors (Lipinski definition) is 2. The number of hydrogen-bond donors (Lipinski definition) is 2. The van der Waals surface area contributed by atoms with Crippen LogP contribution in [0.1, 0.15) is 51.9 Å². The summed E-state index contributed by atoms with van der Waals surface area (Å²) in [5, 5.41) is 12.3. The first-order valence-corrected chi connectivity index (χ1v) is 5.69. The van der Waals surface area contributed by atoms with E-state index in [9.17, 15) is 9.90 Å². The lowest BCUT2D eigenvalue weighted by molar-refractivity contribution is -0.123. The molecule has 1 fully saturated rings. The second-order valence-corrected chi connectivity index (χ2v) is 4.17. The Labute approximate surface area is 85.9 Å². The number of carbonyl (C=O) groups is 1. The minimum atomic E-state index is -0.474. The van der Waals surface area contributed by atoms with Crippen LogP contribution in [-0.2, 0) is 4.79 Å². The molecule has 82 valence electrons. The van der Waals surface area contributed by atoms with Gasteiger partial charge in [0.2, 0.25) is 5.91 Å². The van der Waals surface area contributed by atoms with Gasteiger partial charge in [-0.25, -0.2) is 0 Å². The van der Waals surface area contributed by atoms with Crippen LogP contribution in [0.4, 0.5) is 0 Å². The fraction of sp³-hybridized carbons (Fsp3) is 0.909. The average molecular weight is 199 g/mol. The Morgan fingerprint density at radius 1 is 1.43 bits per heavy atom. The van der Waals surface area contributed by atoms with E-state index in [0.717, 1.165) is 12.8 Å².